The van der Waals surface area contributed by atoms with Crippen LogP contribution in [0.15, 0.2) is 0 Å². The summed E-state index contributed by atoms with van der Waals surface area (Å²) < 4.78 is 16.5. The molecular formula is C11H30O3Si3. The fourth-order valence-corrected chi connectivity index (χ4v) is 14.9. The van der Waals surface area contributed by atoms with Gasteiger partial charge in [-0.2, -0.15) is 0 Å². The molecule has 0 saturated carbocycles. The van der Waals surface area contributed by atoms with Gasteiger partial charge in [-0.05, 0) is 0 Å². The zero-order valence-electron chi connectivity index (χ0n) is 12.6. The summed E-state index contributed by atoms with van der Waals surface area (Å²) in [6.07, 6.45) is 0. The van der Waals surface area contributed by atoms with Crippen LogP contribution in [0.2, 0.25) is 31.2 Å². The van der Waals surface area contributed by atoms with Crippen molar-refractivity contribution >= 4 is 25.4 Å². The highest BCUT2D eigenvalue weighted by atomic mass is 29.2. The Morgan fingerprint density at radius 2 is 1.41 bits per heavy atom. The highest BCUT2D eigenvalue weighted by molar-refractivity contribution is 7.23. The van der Waals surface area contributed by atoms with Gasteiger partial charge in [-0.3, -0.25) is 0 Å². The molecule has 0 aliphatic rings. The van der Waals surface area contributed by atoms with E-state index in [1.807, 2.05) is 0 Å². The van der Waals surface area contributed by atoms with Crippen molar-refractivity contribution in [1.29, 1.82) is 0 Å². The highest BCUT2D eigenvalue weighted by Crippen LogP contribution is 2.22. The molecule has 0 bridgehead atoms. The Kier molecular flexibility index (Phi) is 8.10. The molecule has 0 aromatic carbocycles. The van der Waals surface area contributed by atoms with E-state index in [4.69, 9.17) is 13.3 Å². The molecule has 0 amide bonds. The average Bonchev–Trinajstić information content (AvgIpc) is 2.29. The van der Waals surface area contributed by atoms with Crippen molar-refractivity contribution < 1.29 is 13.3 Å². The zero-order valence-corrected chi connectivity index (χ0v) is 16.0. The van der Waals surface area contributed by atoms with Gasteiger partial charge in [0, 0.05) is 44.0 Å². The monoisotopic (exact) mass is 294 g/mol. The number of rotatable bonds is 9. The molecule has 0 aromatic heterocycles. The summed E-state index contributed by atoms with van der Waals surface area (Å²) in [7, 11) is 1.90. The third kappa shape index (κ3) is 6.88. The van der Waals surface area contributed by atoms with Gasteiger partial charge in [0.15, 0.2) is 0 Å². The SMILES string of the molecule is CO[Si](CC[Si](C)(C)[SiH2]CC(C)C)(OC)OC. The molecule has 0 spiro atoms. The van der Waals surface area contributed by atoms with Gasteiger partial charge in [-0.15, -0.1) is 0 Å². The van der Waals surface area contributed by atoms with Crippen LogP contribution >= 0.6 is 0 Å². The van der Waals surface area contributed by atoms with E-state index in [-0.39, 0.29) is 9.04 Å². The first-order valence-corrected chi connectivity index (χ1v) is 14.9. The Morgan fingerprint density at radius 3 is 1.76 bits per heavy atom. The van der Waals surface area contributed by atoms with Crippen LogP contribution < -0.4 is 0 Å². The van der Waals surface area contributed by atoms with E-state index in [1.54, 1.807) is 21.3 Å². The van der Waals surface area contributed by atoms with E-state index in [0.717, 1.165) is 12.0 Å². The van der Waals surface area contributed by atoms with Crippen LogP contribution in [0.5, 0.6) is 0 Å². The normalized spacial score (nSPS) is 14.1. The summed E-state index contributed by atoms with van der Waals surface area (Å²) in [4.78, 5) is 0. The Hall–Kier alpha value is 0.531. The highest BCUT2D eigenvalue weighted by Gasteiger charge is 2.39. The quantitative estimate of drug-likeness (QED) is 0.611. The largest absolute Gasteiger partial charge is 0.499 e. The molecule has 0 radical (unpaired) electrons. The van der Waals surface area contributed by atoms with E-state index in [2.05, 4.69) is 26.9 Å². The van der Waals surface area contributed by atoms with Crippen molar-refractivity contribution in [3.8, 4) is 0 Å². The summed E-state index contributed by atoms with van der Waals surface area (Å²) in [5.74, 6) is 0.864. The summed E-state index contributed by atoms with van der Waals surface area (Å²) in [6, 6.07) is 3.75. The summed E-state index contributed by atoms with van der Waals surface area (Å²) in [5.41, 5.74) is 0. The molecule has 3 nitrogen and oxygen atoms in total. The van der Waals surface area contributed by atoms with Crippen LogP contribution in [-0.2, 0) is 13.3 Å². The molecule has 0 saturated heterocycles. The Balaban J connectivity index is 4.22. The minimum absolute atomic E-state index is 0.0943. The Morgan fingerprint density at radius 1 is 0.941 bits per heavy atom. The van der Waals surface area contributed by atoms with E-state index >= 15 is 0 Å². The van der Waals surface area contributed by atoms with Crippen molar-refractivity contribution in [2.24, 2.45) is 5.92 Å². The first kappa shape index (κ1) is 17.5. The van der Waals surface area contributed by atoms with Crippen molar-refractivity contribution in [2.45, 2.75) is 45.1 Å². The molecule has 0 unspecified atom stereocenters. The van der Waals surface area contributed by atoms with Crippen molar-refractivity contribution in [2.75, 3.05) is 21.3 Å². The van der Waals surface area contributed by atoms with Crippen molar-refractivity contribution in [3.05, 3.63) is 0 Å². The second kappa shape index (κ2) is 7.85. The first-order valence-electron chi connectivity index (χ1n) is 6.46. The molecule has 0 aliphatic heterocycles. The predicted molar refractivity (Wildman–Crippen MR) is 82.1 cm³/mol. The maximum Gasteiger partial charge on any atom is 0.499 e. The molecule has 0 aliphatic carbocycles. The van der Waals surface area contributed by atoms with Crippen LogP contribution in [0, 0.1) is 5.92 Å². The van der Waals surface area contributed by atoms with E-state index in [1.165, 1.54) is 12.1 Å². The summed E-state index contributed by atoms with van der Waals surface area (Å²) in [5, 5.41) is 0. The minimum atomic E-state index is -2.33. The molecule has 17 heavy (non-hydrogen) atoms. The smallest absolute Gasteiger partial charge is 0.377 e. The number of hydrogen-bond donors (Lipinski definition) is 0. The van der Waals surface area contributed by atoms with Crippen LogP contribution in [0.1, 0.15) is 13.8 Å². The molecule has 0 atom stereocenters. The van der Waals surface area contributed by atoms with Crippen LogP contribution in [0.25, 0.3) is 0 Å². The fraction of sp³-hybridized carbons (Fsp3) is 1.00. The zero-order chi connectivity index (χ0) is 13.5. The van der Waals surface area contributed by atoms with Crippen LogP contribution in [0.4, 0.5) is 0 Å². The van der Waals surface area contributed by atoms with Crippen molar-refractivity contribution in [3.63, 3.8) is 0 Å². The predicted octanol–water partition coefficient (Wildman–Crippen LogP) is 2.31. The summed E-state index contributed by atoms with van der Waals surface area (Å²) in [6.45, 7) is 9.69. The first-order chi connectivity index (χ1) is 7.81. The molecule has 0 rings (SSSR count). The topological polar surface area (TPSA) is 27.7 Å². The van der Waals surface area contributed by atoms with Gasteiger partial charge in [0.2, 0.25) is 0 Å². The molecule has 0 fully saturated rings. The Bertz CT molecular complexity index is 198. The van der Waals surface area contributed by atoms with Gasteiger partial charge in [0.1, 0.15) is 0 Å². The fourth-order valence-electron chi connectivity index (χ4n) is 1.85. The van der Waals surface area contributed by atoms with Crippen LogP contribution in [0.3, 0.4) is 0 Å². The van der Waals surface area contributed by atoms with E-state index in [9.17, 15) is 0 Å². The number of hydrogen-bond acceptors (Lipinski definition) is 3. The molecule has 0 heterocycles. The maximum absolute atomic E-state index is 5.49. The van der Waals surface area contributed by atoms with Gasteiger partial charge >= 0.3 is 8.80 Å². The average molecular weight is 295 g/mol. The van der Waals surface area contributed by atoms with Crippen LogP contribution in [-0.4, -0.2) is 46.8 Å². The second-order valence-electron chi connectivity index (χ2n) is 5.89. The van der Waals surface area contributed by atoms with Gasteiger partial charge in [-0.1, -0.05) is 44.9 Å². The molecule has 0 N–H and O–H groups in total. The lowest BCUT2D eigenvalue weighted by Crippen LogP contribution is -2.46. The van der Waals surface area contributed by atoms with Gasteiger partial charge in [-0.25, -0.2) is 0 Å². The maximum atomic E-state index is 5.49. The molecule has 6 heteroatoms. The lowest BCUT2D eigenvalue weighted by molar-refractivity contribution is 0.125. The lowest BCUT2D eigenvalue weighted by atomic mass is 10.3. The lowest BCUT2D eigenvalue weighted by Gasteiger charge is -2.29. The third-order valence-corrected chi connectivity index (χ3v) is 17.1. The molecular weight excluding hydrogens is 264 g/mol. The van der Waals surface area contributed by atoms with Crippen molar-refractivity contribution in [1.82, 2.24) is 0 Å². The van der Waals surface area contributed by atoms with Gasteiger partial charge in [0.05, 0.1) is 0 Å². The summed E-state index contributed by atoms with van der Waals surface area (Å²) >= 11 is 0. The second-order valence-corrected chi connectivity index (χ2v) is 22.1. The van der Waals surface area contributed by atoms with E-state index < -0.39 is 16.4 Å². The van der Waals surface area contributed by atoms with E-state index in [0.29, 0.717) is 0 Å². The Labute approximate surface area is 111 Å². The van der Waals surface area contributed by atoms with Gasteiger partial charge in [0.25, 0.3) is 0 Å². The molecule has 104 valence electrons. The third-order valence-electron chi connectivity index (χ3n) is 3.44. The standard InChI is InChI=1S/C11H30O3Si3/c1-11(2)10-15-16(6,7)8-9-17(12-3,13-4)14-5/h11H,8-10,15H2,1-7H3. The minimum Gasteiger partial charge on any atom is -0.377 e. The molecule has 0 aromatic rings. The van der Waals surface area contributed by atoms with Gasteiger partial charge < -0.3 is 13.3 Å².